The van der Waals surface area contributed by atoms with E-state index in [0.717, 1.165) is 12.1 Å². The summed E-state index contributed by atoms with van der Waals surface area (Å²) in [4.78, 5) is 4.21. The fourth-order valence-corrected chi connectivity index (χ4v) is 1.97. The van der Waals surface area contributed by atoms with E-state index in [1.807, 2.05) is 6.92 Å². The van der Waals surface area contributed by atoms with Crippen molar-refractivity contribution in [1.82, 2.24) is 10.6 Å². The number of rotatable bonds is 7. The number of alkyl halides is 6. The summed E-state index contributed by atoms with van der Waals surface area (Å²) in [6.45, 7) is 2.88. The number of hydrogen-bond donors (Lipinski definition) is 2. The van der Waals surface area contributed by atoms with Gasteiger partial charge >= 0.3 is 12.4 Å². The van der Waals surface area contributed by atoms with Crippen LogP contribution in [-0.2, 0) is 12.7 Å². The van der Waals surface area contributed by atoms with Gasteiger partial charge in [-0.2, -0.15) is 26.3 Å². The molecule has 0 saturated heterocycles. The minimum absolute atomic E-state index is 0.0226. The molecule has 1 aromatic rings. The number of halogens is 6. The van der Waals surface area contributed by atoms with Crippen molar-refractivity contribution in [1.29, 1.82) is 0 Å². The monoisotopic (exact) mass is 369 g/mol. The van der Waals surface area contributed by atoms with Gasteiger partial charge in [-0.05, 0) is 37.5 Å². The molecule has 0 unspecified atom stereocenters. The van der Waals surface area contributed by atoms with Crippen LogP contribution in [0, 0.1) is 0 Å². The summed E-state index contributed by atoms with van der Waals surface area (Å²) in [6.07, 6.45) is -9.00. The zero-order chi connectivity index (χ0) is 18.9. The van der Waals surface area contributed by atoms with Crippen LogP contribution in [0.5, 0.6) is 0 Å². The zero-order valence-electron chi connectivity index (χ0n) is 13.8. The van der Waals surface area contributed by atoms with Gasteiger partial charge < -0.3 is 10.6 Å². The van der Waals surface area contributed by atoms with Crippen molar-refractivity contribution in [3.63, 3.8) is 0 Å². The number of hydrogen-bond acceptors (Lipinski definition) is 1. The Balaban J connectivity index is 2.49. The molecule has 1 rings (SSSR count). The summed E-state index contributed by atoms with van der Waals surface area (Å²) >= 11 is 0. The van der Waals surface area contributed by atoms with Crippen molar-refractivity contribution in [3.05, 3.63) is 35.4 Å². The highest BCUT2D eigenvalue weighted by molar-refractivity contribution is 5.79. The Kier molecular flexibility index (Phi) is 8.05. The fourth-order valence-electron chi connectivity index (χ4n) is 1.97. The van der Waals surface area contributed by atoms with Gasteiger partial charge in [0.1, 0.15) is 0 Å². The van der Waals surface area contributed by atoms with E-state index in [4.69, 9.17) is 0 Å². The van der Waals surface area contributed by atoms with Crippen LogP contribution in [0.25, 0.3) is 0 Å². The lowest BCUT2D eigenvalue weighted by Crippen LogP contribution is -2.37. The molecule has 0 fully saturated rings. The van der Waals surface area contributed by atoms with Crippen LogP contribution in [0.3, 0.4) is 0 Å². The molecule has 142 valence electrons. The standard InChI is InChI=1S/C16H21F6N3/c1-2-23-14(24-10-4-3-9-15(17,18)19)25-11-12-5-7-13(8-6-12)16(20,21)22/h5-8H,2-4,9-11H2,1H3,(H2,23,24,25). The smallest absolute Gasteiger partial charge is 0.357 e. The van der Waals surface area contributed by atoms with Crippen LogP contribution in [-0.4, -0.2) is 25.2 Å². The highest BCUT2D eigenvalue weighted by atomic mass is 19.4. The van der Waals surface area contributed by atoms with E-state index in [0.29, 0.717) is 31.0 Å². The van der Waals surface area contributed by atoms with Crippen molar-refractivity contribution in [3.8, 4) is 0 Å². The molecule has 9 heteroatoms. The van der Waals surface area contributed by atoms with E-state index >= 15 is 0 Å². The Morgan fingerprint density at radius 1 is 0.960 bits per heavy atom. The summed E-state index contributed by atoms with van der Waals surface area (Å²) in [5, 5.41) is 5.84. The highest BCUT2D eigenvalue weighted by Gasteiger charge is 2.29. The number of benzene rings is 1. The second-order valence-corrected chi connectivity index (χ2v) is 5.39. The first kappa shape index (κ1) is 21.1. The lowest BCUT2D eigenvalue weighted by molar-refractivity contribution is -0.137. The number of unbranched alkanes of at least 4 members (excludes halogenated alkanes) is 1. The van der Waals surface area contributed by atoms with Crippen molar-refractivity contribution in [2.45, 2.75) is 45.1 Å². The lowest BCUT2D eigenvalue weighted by atomic mass is 10.1. The van der Waals surface area contributed by atoms with Crippen molar-refractivity contribution < 1.29 is 26.3 Å². The van der Waals surface area contributed by atoms with E-state index < -0.39 is 24.3 Å². The largest absolute Gasteiger partial charge is 0.416 e. The molecule has 2 N–H and O–H groups in total. The van der Waals surface area contributed by atoms with Gasteiger partial charge in [0.15, 0.2) is 5.96 Å². The molecule has 0 radical (unpaired) electrons. The fraction of sp³-hybridized carbons (Fsp3) is 0.562. The number of guanidine groups is 1. The Hall–Kier alpha value is -1.93. The van der Waals surface area contributed by atoms with Gasteiger partial charge in [-0.25, -0.2) is 4.99 Å². The second-order valence-electron chi connectivity index (χ2n) is 5.39. The third kappa shape index (κ3) is 9.21. The average molecular weight is 369 g/mol. The Bertz CT molecular complexity index is 534. The van der Waals surface area contributed by atoms with Crippen LogP contribution < -0.4 is 10.6 Å². The van der Waals surface area contributed by atoms with E-state index in [1.165, 1.54) is 12.1 Å². The van der Waals surface area contributed by atoms with Crippen LogP contribution in [0.1, 0.15) is 37.3 Å². The van der Waals surface area contributed by atoms with Gasteiger partial charge in [-0.3, -0.25) is 0 Å². The van der Waals surface area contributed by atoms with Crippen LogP contribution in [0.4, 0.5) is 26.3 Å². The van der Waals surface area contributed by atoms with Crippen molar-refractivity contribution in [2.24, 2.45) is 4.99 Å². The maximum atomic E-state index is 12.5. The van der Waals surface area contributed by atoms with Gasteiger partial charge in [0.2, 0.25) is 0 Å². The summed E-state index contributed by atoms with van der Waals surface area (Å²) in [5.74, 6) is 0.411. The van der Waals surface area contributed by atoms with Gasteiger partial charge in [-0.15, -0.1) is 0 Å². The maximum absolute atomic E-state index is 12.5. The Morgan fingerprint density at radius 2 is 1.60 bits per heavy atom. The molecule has 3 nitrogen and oxygen atoms in total. The molecule has 1 aromatic carbocycles. The van der Waals surface area contributed by atoms with E-state index in [9.17, 15) is 26.3 Å². The highest BCUT2D eigenvalue weighted by Crippen LogP contribution is 2.29. The SMILES string of the molecule is CCNC(=NCc1ccc(C(F)(F)F)cc1)NCCCCC(F)(F)F. The van der Waals surface area contributed by atoms with Crippen molar-refractivity contribution >= 4 is 5.96 Å². The normalized spacial score (nSPS) is 13.0. The molecule has 0 heterocycles. The van der Waals surface area contributed by atoms with Crippen LogP contribution in [0.15, 0.2) is 29.3 Å². The van der Waals surface area contributed by atoms with E-state index in [-0.39, 0.29) is 13.0 Å². The molecule has 25 heavy (non-hydrogen) atoms. The number of nitrogens with zero attached hydrogens (tertiary/aromatic N) is 1. The second kappa shape index (κ2) is 9.53. The third-order valence-electron chi connectivity index (χ3n) is 3.22. The topological polar surface area (TPSA) is 36.4 Å². The first-order valence-corrected chi connectivity index (χ1v) is 7.87. The molecule has 0 amide bonds. The molecule has 0 aliphatic rings. The third-order valence-corrected chi connectivity index (χ3v) is 3.22. The molecule has 0 saturated carbocycles. The van der Waals surface area contributed by atoms with E-state index in [2.05, 4.69) is 15.6 Å². The molecule has 0 aliphatic heterocycles. The summed E-state index contributed by atoms with van der Waals surface area (Å²) in [7, 11) is 0. The lowest BCUT2D eigenvalue weighted by Gasteiger charge is -2.12. The zero-order valence-corrected chi connectivity index (χ0v) is 13.8. The van der Waals surface area contributed by atoms with Crippen LogP contribution >= 0.6 is 0 Å². The van der Waals surface area contributed by atoms with Gasteiger partial charge in [0.25, 0.3) is 0 Å². The van der Waals surface area contributed by atoms with E-state index in [1.54, 1.807) is 0 Å². The molecule has 0 aromatic heterocycles. The molecular weight excluding hydrogens is 348 g/mol. The minimum atomic E-state index is -4.38. The summed E-state index contributed by atoms with van der Waals surface area (Å²) in [5.41, 5.74) is -0.128. The first-order valence-electron chi connectivity index (χ1n) is 7.87. The predicted octanol–water partition coefficient (Wildman–Crippen LogP) is 4.49. The Morgan fingerprint density at radius 3 is 2.12 bits per heavy atom. The van der Waals surface area contributed by atoms with Crippen LogP contribution in [0.2, 0.25) is 0 Å². The van der Waals surface area contributed by atoms with Gasteiger partial charge in [0, 0.05) is 19.5 Å². The van der Waals surface area contributed by atoms with Crippen molar-refractivity contribution in [2.75, 3.05) is 13.1 Å². The summed E-state index contributed by atoms with van der Waals surface area (Å²) < 4.78 is 73.6. The number of nitrogens with one attached hydrogen (secondary N) is 2. The van der Waals surface area contributed by atoms with Gasteiger partial charge in [0.05, 0.1) is 12.1 Å². The minimum Gasteiger partial charge on any atom is -0.357 e. The average Bonchev–Trinajstić information content (AvgIpc) is 2.50. The molecule has 0 bridgehead atoms. The van der Waals surface area contributed by atoms with Gasteiger partial charge in [-0.1, -0.05) is 12.1 Å². The molecule has 0 spiro atoms. The quantitative estimate of drug-likeness (QED) is 0.322. The number of aliphatic imine (C=N–C) groups is 1. The predicted molar refractivity (Wildman–Crippen MR) is 84.2 cm³/mol. The maximum Gasteiger partial charge on any atom is 0.416 e. The molecule has 0 aliphatic carbocycles. The first-order chi connectivity index (χ1) is 11.6. The summed E-state index contributed by atoms with van der Waals surface area (Å²) in [6, 6.07) is 4.67. The molecular formula is C16H21F6N3. The Labute approximate surface area is 142 Å². The molecule has 0 atom stereocenters.